The van der Waals surface area contributed by atoms with Crippen molar-refractivity contribution in [3.63, 3.8) is 0 Å². The molecular weight excluding hydrogens is 178 g/mol. The number of anilines is 2. The van der Waals surface area contributed by atoms with Crippen molar-refractivity contribution in [1.29, 1.82) is 0 Å². The van der Waals surface area contributed by atoms with E-state index in [1.807, 2.05) is 0 Å². The molecular formula is C6H9N3O2S. The molecule has 1 rings (SSSR count). The van der Waals surface area contributed by atoms with Crippen molar-refractivity contribution in [1.82, 2.24) is 4.98 Å². The second-order valence-electron chi connectivity index (χ2n) is 2.38. The van der Waals surface area contributed by atoms with Gasteiger partial charge in [-0.1, -0.05) is 0 Å². The molecule has 0 amide bonds. The van der Waals surface area contributed by atoms with Crippen LogP contribution in [0.2, 0.25) is 0 Å². The van der Waals surface area contributed by atoms with Crippen LogP contribution in [0.15, 0.2) is 18.5 Å². The molecule has 5 nitrogen and oxygen atoms in total. The first-order chi connectivity index (χ1) is 5.47. The van der Waals surface area contributed by atoms with Gasteiger partial charge >= 0.3 is 0 Å². The van der Waals surface area contributed by atoms with Crippen LogP contribution in [-0.4, -0.2) is 19.7 Å². The maximum atomic E-state index is 10.7. The van der Waals surface area contributed by atoms with Crippen molar-refractivity contribution in [2.24, 2.45) is 0 Å². The molecule has 0 aliphatic heterocycles. The largest absolute Gasteiger partial charge is 0.397 e. The molecule has 0 aromatic carbocycles. The first kappa shape index (κ1) is 8.79. The maximum Gasteiger partial charge on any atom is 0.229 e. The van der Waals surface area contributed by atoms with Crippen LogP contribution < -0.4 is 10.5 Å². The van der Waals surface area contributed by atoms with Gasteiger partial charge in [0.05, 0.1) is 23.8 Å². The monoisotopic (exact) mass is 187 g/mol. The highest BCUT2D eigenvalue weighted by molar-refractivity contribution is 7.92. The Morgan fingerprint density at radius 3 is 2.67 bits per heavy atom. The summed E-state index contributed by atoms with van der Waals surface area (Å²) in [6.07, 6.45) is 3.89. The van der Waals surface area contributed by atoms with Crippen molar-refractivity contribution < 1.29 is 8.42 Å². The summed E-state index contributed by atoms with van der Waals surface area (Å²) in [7, 11) is -3.24. The number of nitrogens with one attached hydrogen (secondary N) is 1. The summed E-state index contributed by atoms with van der Waals surface area (Å²) < 4.78 is 23.7. The Morgan fingerprint density at radius 1 is 1.50 bits per heavy atom. The minimum atomic E-state index is -3.24. The lowest BCUT2D eigenvalue weighted by molar-refractivity contribution is 0.607. The van der Waals surface area contributed by atoms with Gasteiger partial charge in [-0.15, -0.1) is 0 Å². The van der Waals surface area contributed by atoms with Crippen molar-refractivity contribution in [3.05, 3.63) is 18.5 Å². The normalized spacial score (nSPS) is 11.1. The molecule has 66 valence electrons. The number of sulfonamides is 1. The van der Waals surface area contributed by atoms with Gasteiger partial charge in [0, 0.05) is 6.20 Å². The van der Waals surface area contributed by atoms with Gasteiger partial charge in [0.1, 0.15) is 0 Å². The topological polar surface area (TPSA) is 85.1 Å². The fourth-order valence-corrected chi connectivity index (χ4v) is 1.27. The lowest BCUT2D eigenvalue weighted by Gasteiger charge is -2.02. The molecule has 0 aliphatic carbocycles. The van der Waals surface area contributed by atoms with E-state index in [1.165, 1.54) is 18.5 Å². The lowest BCUT2D eigenvalue weighted by atomic mass is 10.4. The van der Waals surface area contributed by atoms with E-state index in [0.717, 1.165) is 6.26 Å². The Labute approximate surface area is 70.7 Å². The third kappa shape index (κ3) is 2.75. The van der Waals surface area contributed by atoms with Gasteiger partial charge in [-0.25, -0.2) is 8.42 Å². The second-order valence-corrected chi connectivity index (χ2v) is 4.13. The van der Waals surface area contributed by atoms with Crippen LogP contribution >= 0.6 is 0 Å². The average Bonchev–Trinajstić information content (AvgIpc) is 1.82. The zero-order chi connectivity index (χ0) is 9.19. The van der Waals surface area contributed by atoms with E-state index in [2.05, 4.69) is 9.71 Å². The highest BCUT2D eigenvalue weighted by Crippen LogP contribution is 2.10. The molecule has 6 heteroatoms. The number of hydrogen-bond donors (Lipinski definition) is 2. The number of nitrogens with two attached hydrogens (primary N) is 1. The zero-order valence-corrected chi connectivity index (χ0v) is 7.30. The molecule has 0 radical (unpaired) electrons. The van der Waals surface area contributed by atoms with Crippen molar-refractivity contribution in [2.75, 3.05) is 16.7 Å². The maximum absolute atomic E-state index is 10.7. The predicted octanol–water partition coefficient (Wildman–Crippen LogP) is 0.0353. The highest BCUT2D eigenvalue weighted by atomic mass is 32.2. The molecule has 0 bridgehead atoms. The molecule has 0 spiro atoms. The molecule has 0 atom stereocenters. The standard InChI is InChI=1S/C6H9N3O2S/c1-12(10,11)9-6-2-5(7)3-8-4-6/h2-4,9H,7H2,1H3. The zero-order valence-electron chi connectivity index (χ0n) is 6.48. The van der Waals surface area contributed by atoms with Gasteiger partial charge in [-0.05, 0) is 6.07 Å². The van der Waals surface area contributed by atoms with Crippen LogP contribution in [0.1, 0.15) is 0 Å². The fraction of sp³-hybridized carbons (Fsp3) is 0.167. The van der Waals surface area contributed by atoms with E-state index < -0.39 is 10.0 Å². The smallest absolute Gasteiger partial charge is 0.229 e. The first-order valence-electron chi connectivity index (χ1n) is 3.16. The van der Waals surface area contributed by atoms with Crippen LogP contribution in [0.3, 0.4) is 0 Å². The summed E-state index contributed by atoms with van der Waals surface area (Å²) in [4.78, 5) is 3.72. The molecule has 1 aromatic rings. The first-order valence-corrected chi connectivity index (χ1v) is 5.05. The van der Waals surface area contributed by atoms with Crippen LogP contribution in [0.4, 0.5) is 11.4 Å². The number of nitrogens with zero attached hydrogens (tertiary/aromatic N) is 1. The molecule has 0 aliphatic rings. The molecule has 0 saturated carbocycles. The number of pyridine rings is 1. The molecule has 1 heterocycles. The van der Waals surface area contributed by atoms with Crippen molar-refractivity contribution >= 4 is 21.4 Å². The van der Waals surface area contributed by atoms with E-state index in [-0.39, 0.29) is 0 Å². The van der Waals surface area contributed by atoms with Gasteiger partial charge < -0.3 is 5.73 Å². The van der Waals surface area contributed by atoms with E-state index in [4.69, 9.17) is 5.73 Å². The Balaban J connectivity index is 2.91. The number of rotatable bonds is 2. The molecule has 12 heavy (non-hydrogen) atoms. The fourth-order valence-electron chi connectivity index (χ4n) is 0.728. The van der Waals surface area contributed by atoms with E-state index >= 15 is 0 Å². The van der Waals surface area contributed by atoms with Crippen LogP contribution in [0.5, 0.6) is 0 Å². The van der Waals surface area contributed by atoms with Gasteiger partial charge in [-0.3, -0.25) is 9.71 Å². The summed E-state index contributed by atoms with van der Waals surface area (Å²) in [6, 6.07) is 1.49. The Hall–Kier alpha value is -1.30. The van der Waals surface area contributed by atoms with Gasteiger partial charge in [0.15, 0.2) is 0 Å². The number of aromatic nitrogens is 1. The Bertz CT molecular complexity index is 374. The van der Waals surface area contributed by atoms with Gasteiger partial charge in [0.2, 0.25) is 10.0 Å². The summed E-state index contributed by atoms with van der Waals surface area (Å²) in [5, 5.41) is 0. The average molecular weight is 187 g/mol. The summed E-state index contributed by atoms with van der Waals surface area (Å²) in [5.74, 6) is 0. The minimum absolute atomic E-state index is 0.373. The minimum Gasteiger partial charge on any atom is -0.397 e. The summed E-state index contributed by atoms with van der Waals surface area (Å²) >= 11 is 0. The Morgan fingerprint density at radius 2 is 2.17 bits per heavy atom. The van der Waals surface area contributed by atoms with Gasteiger partial charge in [-0.2, -0.15) is 0 Å². The molecule has 0 fully saturated rings. The summed E-state index contributed by atoms with van der Waals surface area (Å²) in [5.41, 5.74) is 6.17. The lowest BCUT2D eigenvalue weighted by Crippen LogP contribution is -2.09. The molecule has 0 saturated heterocycles. The predicted molar refractivity (Wildman–Crippen MR) is 47.1 cm³/mol. The SMILES string of the molecule is CS(=O)(=O)Nc1cncc(N)c1. The van der Waals surface area contributed by atoms with E-state index in [0.29, 0.717) is 11.4 Å². The number of hydrogen-bond acceptors (Lipinski definition) is 4. The van der Waals surface area contributed by atoms with E-state index in [1.54, 1.807) is 0 Å². The highest BCUT2D eigenvalue weighted by Gasteiger charge is 2.00. The van der Waals surface area contributed by atoms with Crippen LogP contribution in [0.25, 0.3) is 0 Å². The second kappa shape index (κ2) is 2.98. The van der Waals surface area contributed by atoms with E-state index in [9.17, 15) is 8.42 Å². The third-order valence-electron chi connectivity index (χ3n) is 1.06. The van der Waals surface area contributed by atoms with Crippen molar-refractivity contribution in [3.8, 4) is 0 Å². The number of nitrogen functional groups attached to an aromatic ring is 1. The Kier molecular flexibility index (Phi) is 2.18. The van der Waals surface area contributed by atoms with Crippen LogP contribution in [-0.2, 0) is 10.0 Å². The van der Waals surface area contributed by atoms with Crippen molar-refractivity contribution in [2.45, 2.75) is 0 Å². The van der Waals surface area contributed by atoms with Crippen LogP contribution in [0, 0.1) is 0 Å². The molecule has 1 aromatic heterocycles. The third-order valence-corrected chi connectivity index (χ3v) is 1.67. The molecule has 0 unspecified atom stereocenters. The quantitative estimate of drug-likeness (QED) is 0.684. The summed E-state index contributed by atoms with van der Waals surface area (Å²) in [6.45, 7) is 0. The molecule has 3 N–H and O–H groups in total. The van der Waals surface area contributed by atoms with Gasteiger partial charge in [0.25, 0.3) is 0 Å².